The molecule has 0 unspecified atom stereocenters. The molecule has 0 saturated carbocycles. The van der Waals surface area contributed by atoms with Crippen molar-refractivity contribution in [1.29, 1.82) is 0 Å². The number of hydrogen-bond acceptors (Lipinski definition) is 3. The summed E-state index contributed by atoms with van der Waals surface area (Å²) < 4.78 is 27.6. The van der Waals surface area contributed by atoms with E-state index >= 15 is 0 Å². The average Bonchev–Trinajstić information content (AvgIpc) is 2.81. The average molecular weight is 336 g/mol. The van der Waals surface area contributed by atoms with Crippen LogP contribution < -0.4 is 4.72 Å². The summed E-state index contributed by atoms with van der Waals surface area (Å²) in [7, 11) is -3.69. The third-order valence-corrected chi connectivity index (χ3v) is 4.92. The zero-order chi connectivity index (χ0) is 15.9. The van der Waals surface area contributed by atoms with Crippen molar-refractivity contribution in [3.63, 3.8) is 0 Å². The van der Waals surface area contributed by atoms with Gasteiger partial charge in [-0.1, -0.05) is 17.7 Å². The van der Waals surface area contributed by atoms with Crippen molar-refractivity contribution in [2.45, 2.75) is 18.7 Å². The van der Waals surface area contributed by atoms with E-state index in [0.29, 0.717) is 16.2 Å². The molecule has 22 heavy (non-hydrogen) atoms. The quantitative estimate of drug-likeness (QED) is 0.767. The van der Waals surface area contributed by atoms with E-state index in [2.05, 4.69) is 14.7 Å². The molecule has 0 radical (unpaired) electrons. The van der Waals surface area contributed by atoms with Gasteiger partial charge in [-0.2, -0.15) is 0 Å². The lowest BCUT2D eigenvalue weighted by atomic mass is 10.2. The summed E-state index contributed by atoms with van der Waals surface area (Å²) in [4.78, 5) is 7.46. The van der Waals surface area contributed by atoms with Gasteiger partial charge >= 0.3 is 0 Å². The molecule has 1 aromatic heterocycles. The van der Waals surface area contributed by atoms with Gasteiger partial charge in [-0.25, -0.2) is 13.4 Å². The molecule has 2 N–H and O–H groups in total. The maximum atomic E-state index is 12.5. The van der Waals surface area contributed by atoms with Gasteiger partial charge in [0, 0.05) is 5.02 Å². The number of hydrogen-bond donors (Lipinski definition) is 2. The molecule has 0 saturated heterocycles. The summed E-state index contributed by atoms with van der Waals surface area (Å²) in [5.41, 5.74) is 2.68. The van der Waals surface area contributed by atoms with Crippen LogP contribution in [0.3, 0.4) is 0 Å². The van der Waals surface area contributed by atoms with Crippen molar-refractivity contribution in [3.05, 3.63) is 52.8 Å². The van der Waals surface area contributed by atoms with Crippen LogP contribution in [0.15, 0.2) is 41.3 Å². The topological polar surface area (TPSA) is 74.8 Å². The fourth-order valence-electron chi connectivity index (χ4n) is 2.19. The lowest BCUT2D eigenvalue weighted by Crippen LogP contribution is -2.13. The van der Waals surface area contributed by atoms with E-state index in [-0.39, 0.29) is 4.90 Å². The molecule has 0 aliphatic carbocycles. The Kier molecular flexibility index (Phi) is 3.58. The SMILES string of the molecule is Cc1nc2ccc(S(=O)(=O)Nc3cc(Cl)ccc3C)cc2[nH]1. The maximum Gasteiger partial charge on any atom is 0.261 e. The van der Waals surface area contributed by atoms with E-state index in [4.69, 9.17) is 11.6 Å². The number of nitrogens with zero attached hydrogens (tertiary/aromatic N) is 1. The number of aromatic amines is 1. The summed E-state index contributed by atoms with van der Waals surface area (Å²) in [6.07, 6.45) is 0. The Hall–Kier alpha value is -2.05. The Balaban J connectivity index is 2.02. The van der Waals surface area contributed by atoms with Gasteiger partial charge in [-0.3, -0.25) is 4.72 Å². The Bertz CT molecular complexity index is 964. The van der Waals surface area contributed by atoms with E-state index in [1.54, 1.807) is 30.3 Å². The molecule has 7 heteroatoms. The van der Waals surface area contributed by atoms with Crippen LogP contribution in [0.25, 0.3) is 11.0 Å². The van der Waals surface area contributed by atoms with Crippen molar-refractivity contribution in [1.82, 2.24) is 9.97 Å². The van der Waals surface area contributed by atoms with Gasteiger partial charge in [0.1, 0.15) is 5.82 Å². The summed E-state index contributed by atoms with van der Waals surface area (Å²) in [6.45, 7) is 3.64. The first-order valence-electron chi connectivity index (χ1n) is 6.60. The molecule has 3 aromatic rings. The number of nitrogens with one attached hydrogen (secondary N) is 2. The third kappa shape index (κ3) is 2.80. The summed E-state index contributed by atoms with van der Waals surface area (Å²) in [5, 5.41) is 0.475. The first-order chi connectivity index (χ1) is 10.3. The minimum Gasteiger partial charge on any atom is -0.342 e. The molecule has 2 aromatic carbocycles. The fraction of sp³-hybridized carbons (Fsp3) is 0.133. The second-order valence-corrected chi connectivity index (χ2v) is 7.18. The third-order valence-electron chi connectivity index (χ3n) is 3.33. The highest BCUT2D eigenvalue weighted by atomic mass is 35.5. The van der Waals surface area contributed by atoms with Crippen molar-refractivity contribution < 1.29 is 8.42 Å². The van der Waals surface area contributed by atoms with Crippen LogP contribution in [0.1, 0.15) is 11.4 Å². The first-order valence-corrected chi connectivity index (χ1v) is 8.46. The first kappa shape index (κ1) is 14.9. The molecular formula is C15H14ClN3O2S. The van der Waals surface area contributed by atoms with E-state index in [1.807, 2.05) is 13.8 Å². The molecule has 0 fully saturated rings. The molecule has 3 rings (SSSR count). The monoisotopic (exact) mass is 335 g/mol. The molecule has 1 heterocycles. The Morgan fingerprint density at radius 2 is 1.91 bits per heavy atom. The van der Waals surface area contributed by atoms with E-state index in [9.17, 15) is 8.42 Å². The molecule has 0 aliphatic rings. The Morgan fingerprint density at radius 1 is 1.14 bits per heavy atom. The second-order valence-electron chi connectivity index (χ2n) is 5.07. The number of aryl methyl sites for hydroxylation is 2. The van der Waals surface area contributed by atoms with Gasteiger partial charge in [-0.15, -0.1) is 0 Å². The molecule has 0 bridgehead atoms. The van der Waals surface area contributed by atoms with Crippen LogP contribution >= 0.6 is 11.6 Å². The molecule has 114 valence electrons. The lowest BCUT2D eigenvalue weighted by Gasteiger charge is -2.11. The van der Waals surface area contributed by atoms with E-state index in [0.717, 1.165) is 16.9 Å². The van der Waals surface area contributed by atoms with Gasteiger partial charge in [0.2, 0.25) is 0 Å². The van der Waals surface area contributed by atoms with E-state index in [1.165, 1.54) is 6.07 Å². The number of imidazole rings is 1. The molecule has 5 nitrogen and oxygen atoms in total. The van der Waals surface area contributed by atoms with Gasteiger partial charge in [0.25, 0.3) is 10.0 Å². The van der Waals surface area contributed by atoms with Crippen LogP contribution in [0.2, 0.25) is 5.02 Å². The number of H-pyrrole nitrogens is 1. The van der Waals surface area contributed by atoms with Crippen molar-refractivity contribution in [2.24, 2.45) is 0 Å². The summed E-state index contributed by atoms with van der Waals surface area (Å²) in [5.74, 6) is 0.739. The van der Waals surface area contributed by atoms with Crippen molar-refractivity contribution >= 4 is 38.3 Å². The largest absolute Gasteiger partial charge is 0.342 e. The van der Waals surface area contributed by atoms with E-state index < -0.39 is 10.0 Å². The number of anilines is 1. The van der Waals surface area contributed by atoms with Crippen LogP contribution in [-0.2, 0) is 10.0 Å². The predicted molar refractivity (Wildman–Crippen MR) is 87.8 cm³/mol. The number of rotatable bonds is 3. The minimum absolute atomic E-state index is 0.169. The summed E-state index contributed by atoms with van der Waals surface area (Å²) >= 11 is 5.92. The zero-order valence-corrected chi connectivity index (χ0v) is 13.6. The number of sulfonamides is 1. The zero-order valence-electron chi connectivity index (χ0n) is 12.0. The standard InChI is InChI=1S/C15H14ClN3O2S/c1-9-3-4-11(16)7-14(9)19-22(20,21)12-5-6-13-15(8-12)18-10(2)17-13/h3-8,19H,1-2H3,(H,17,18). The Labute approximate surface area is 133 Å². The highest BCUT2D eigenvalue weighted by Gasteiger charge is 2.16. The number of benzene rings is 2. The molecule has 0 amide bonds. The second kappa shape index (κ2) is 5.30. The van der Waals surface area contributed by atoms with Crippen molar-refractivity contribution in [2.75, 3.05) is 4.72 Å². The highest BCUT2D eigenvalue weighted by Crippen LogP contribution is 2.24. The minimum atomic E-state index is -3.69. The number of fused-ring (bicyclic) bond motifs is 1. The molecule has 0 aliphatic heterocycles. The molecular weight excluding hydrogens is 322 g/mol. The van der Waals surface area contributed by atoms with Crippen LogP contribution in [0.5, 0.6) is 0 Å². The van der Waals surface area contributed by atoms with Crippen LogP contribution in [-0.4, -0.2) is 18.4 Å². The number of halogens is 1. The fourth-order valence-corrected chi connectivity index (χ4v) is 3.51. The van der Waals surface area contributed by atoms with Gasteiger partial charge in [0.15, 0.2) is 0 Å². The van der Waals surface area contributed by atoms with Gasteiger partial charge in [-0.05, 0) is 49.7 Å². The van der Waals surface area contributed by atoms with Gasteiger partial charge < -0.3 is 4.98 Å². The van der Waals surface area contributed by atoms with Crippen molar-refractivity contribution in [3.8, 4) is 0 Å². The predicted octanol–water partition coefficient (Wildman–Crippen LogP) is 3.63. The maximum absolute atomic E-state index is 12.5. The summed E-state index contributed by atoms with van der Waals surface area (Å²) in [6, 6.07) is 9.85. The molecule has 0 spiro atoms. The number of aromatic nitrogens is 2. The van der Waals surface area contributed by atoms with Crippen LogP contribution in [0, 0.1) is 13.8 Å². The normalized spacial score (nSPS) is 11.8. The smallest absolute Gasteiger partial charge is 0.261 e. The lowest BCUT2D eigenvalue weighted by molar-refractivity contribution is 0.601. The van der Waals surface area contributed by atoms with Gasteiger partial charge in [0.05, 0.1) is 21.6 Å². The Morgan fingerprint density at radius 3 is 2.68 bits per heavy atom. The van der Waals surface area contributed by atoms with Crippen LogP contribution in [0.4, 0.5) is 5.69 Å². The highest BCUT2D eigenvalue weighted by molar-refractivity contribution is 7.92. The molecule has 0 atom stereocenters.